The van der Waals surface area contributed by atoms with Gasteiger partial charge < -0.3 is 5.32 Å². The second kappa shape index (κ2) is 5.73. The van der Waals surface area contributed by atoms with Crippen LogP contribution in [0.1, 0.15) is 33.5 Å². The van der Waals surface area contributed by atoms with Gasteiger partial charge in [0.1, 0.15) is 5.69 Å². The van der Waals surface area contributed by atoms with Crippen LogP contribution in [0.5, 0.6) is 0 Å². The summed E-state index contributed by atoms with van der Waals surface area (Å²) in [6.45, 7) is 4.46. The van der Waals surface area contributed by atoms with Gasteiger partial charge in [0.25, 0.3) is 5.91 Å². The van der Waals surface area contributed by atoms with Crippen LogP contribution in [0.3, 0.4) is 0 Å². The Morgan fingerprint density at radius 2 is 2.28 bits per heavy atom. The van der Waals surface area contributed by atoms with Gasteiger partial charge in [-0.2, -0.15) is 0 Å². The van der Waals surface area contributed by atoms with E-state index in [9.17, 15) is 4.79 Å². The molecule has 18 heavy (non-hydrogen) atoms. The minimum absolute atomic E-state index is 0.125. The summed E-state index contributed by atoms with van der Waals surface area (Å²) in [6.07, 6.45) is 2.45. The van der Waals surface area contributed by atoms with Gasteiger partial charge in [0, 0.05) is 11.1 Å². The Hall–Kier alpha value is -1.75. The fraction of sp³-hybridized carbons (Fsp3) is 0.308. The van der Waals surface area contributed by atoms with Crippen LogP contribution >= 0.6 is 11.3 Å². The number of nitrogens with zero attached hydrogens (tertiary/aromatic N) is 2. The molecule has 2 rings (SSSR count). The maximum absolute atomic E-state index is 12.0. The average Bonchev–Trinajstić information content (AvgIpc) is 2.81. The van der Waals surface area contributed by atoms with Crippen molar-refractivity contribution in [2.24, 2.45) is 0 Å². The van der Waals surface area contributed by atoms with Crippen molar-refractivity contribution in [3.8, 4) is 0 Å². The maximum Gasteiger partial charge on any atom is 0.270 e. The lowest BCUT2D eigenvalue weighted by Crippen LogP contribution is -2.25. The summed E-state index contributed by atoms with van der Waals surface area (Å²) in [6, 6.07) is 3.78. The van der Waals surface area contributed by atoms with E-state index in [2.05, 4.69) is 15.3 Å². The Balaban J connectivity index is 2.06. The monoisotopic (exact) mass is 261 g/mol. The predicted octanol–water partition coefficient (Wildman–Crippen LogP) is 2.34. The SMILES string of the molecule is CCc1cccnc1C(=O)NCc1scnc1C. The first-order chi connectivity index (χ1) is 8.72. The van der Waals surface area contributed by atoms with Gasteiger partial charge in [0.2, 0.25) is 0 Å². The highest BCUT2D eigenvalue weighted by Crippen LogP contribution is 2.12. The van der Waals surface area contributed by atoms with E-state index in [1.165, 1.54) is 0 Å². The van der Waals surface area contributed by atoms with E-state index in [0.29, 0.717) is 12.2 Å². The number of amides is 1. The molecule has 4 nitrogen and oxygen atoms in total. The number of nitrogens with one attached hydrogen (secondary N) is 1. The second-order valence-electron chi connectivity index (χ2n) is 3.91. The molecule has 0 aliphatic carbocycles. The summed E-state index contributed by atoms with van der Waals surface area (Å²) in [5.74, 6) is -0.125. The zero-order valence-electron chi connectivity index (χ0n) is 10.4. The van der Waals surface area contributed by atoms with Crippen LogP contribution in [0, 0.1) is 6.92 Å². The largest absolute Gasteiger partial charge is 0.346 e. The van der Waals surface area contributed by atoms with Crippen LogP contribution in [0.2, 0.25) is 0 Å². The van der Waals surface area contributed by atoms with Crippen molar-refractivity contribution in [2.45, 2.75) is 26.8 Å². The van der Waals surface area contributed by atoms with Crippen LogP contribution in [-0.4, -0.2) is 15.9 Å². The average molecular weight is 261 g/mol. The Labute approximate surface area is 110 Å². The molecule has 1 N–H and O–H groups in total. The molecule has 0 unspecified atom stereocenters. The molecule has 94 valence electrons. The summed E-state index contributed by atoms with van der Waals surface area (Å²) in [5.41, 5.74) is 4.24. The van der Waals surface area contributed by atoms with Crippen molar-refractivity contribution >= 4 is 17.2 Å². The molecule has 0 saturated heterocycles. The number of carbonyl (C=O) groups is 1. The summed E-state index contributed by atoms with van der Waals surface area (Å²) in [5, 5.41) is 2.89. The minimum atomic E-state index is -0.125. The molecule has 0 radical (unpaired) electrons. The first-order valence-corrected chi connectivity index (χ1v) is 6.71. The van der Waals surface area contributed by atoms with Crippen LogP contribution in [0.15, 0.2) is 23.8 Å². The molecule has 0 bridgehead atoms. The molecule has 0 spiro atoms. The first kappa shape index (κ1) is 12.7. The zero-order chi connectivity index (χ0) is 13.0. The molecule has 0 aliphatic heterocycles. The van der Waals surface area contributed by atoms with E-state index in [4.69, 9.17) is 0 Å². The fourth-order valence-electron chi connectivity index (χ4n) is 1.67. The second-order valence-corrected chi connectivity index (χ2v) is 4.85. The van der Waals surface area contributed by atoms with E-state index in [-0.39, 0.29) is 5.91 Å². The van der Waals surface area contributed by atoms with Gasteiger partial charge in [-0.3, -0.25) is 9.78 Å². The lowest BCUT2D eigenvalue weighted by Gasteiger charge is -2.07. The molecule has 1 amide bonds. The number of pyridine rings is 1. The summed E-state index contributed by atoms with van der Waals surface area (Å²) in [7, 11) is 0. The van der Waals surface area contributed by atoms with Crippen LogP contribution in [0.4, 0.5) is 0 Å². The number of aromatic nitrogens is 2. The van der Waals surface area contributed by atoms with Gasteiger partial charge in [-0.05, 0) is 25.0 Å². The molecule has 5 heteroatoms. The van der Waals surface area contributed by atoms with Crippen molar-refractivity contribution in [3.63, 3.8) is 0 Å². The number of rotatable bonds is 4. The Bertz CT molecular complexity index is 551. The summed E-state index contributed by atoms with van der Waals surface area (Å²) < 4.78 is 0. The summed E-state index contributed by atoms with van der Waals surface area (Å²) in [4.78, 5) is 21.4. The third-order valence-electron chi connectivity index (χ3n) is 2.74. The number of hydrogen-bond acceptors (Lipinski definition) is 4. The van der Waals surface area contributed by atoms with Gasteiger partial charge in [-0.25, -0.2) is 4.98 Å². The third-order valence-corrected chi connectivity index (χ3v) is 3.68. The molecule has 0 atom stereocenters. The smallest absolute Gasteiger partial charge is 0.270 e. The van der Waals surface area contributed by atoms with E-state index >= 15 is 0 Å². The quantitative estimate of drug-likeness (QED) is 0.919. The molecule has 0 aliphatic rings. The topological polar surface area (TPSA) is 54.9 Å². The molecule has 2 aromatic heterocycles. The van der Waals surface area contributed by atoms with Crippen molar-refractivity contribution < 1.29 is 4.79 Å². The number of aryl methyl sites for hydroxylation is 2. The van der Waals surface area contributed by atoms with Crippen molar-refractivity contribution in [2.75, 3.05) is 0 Å². The van der Waals surface area contributed by atoms with Crippen molar-refractivity contribution in [1.29, 1.82) is 0 Å². The highest BCUT2D eigenvalue weighted by atomic mass is 32.1. The van der Waals surface area contributed by atoms with Gasteiger partial charge in [0.05, 0.1) is 17.7 Å². The van der Waals surface area contributed by atoms with Gasteiger partial charge >= 0.3 is 0 Å². The van der Waals surface area contributed by atoms with Crippen LogP contribution < -0.4 is 5.32 Å². The van der Waals surface area contributed by atoms with Crippen LogP contribution in [-0.2, 0) is 13.0 Å². The van der Waals surface area contributed by atoms with E-state index in [1.54, 1.807) is 23.0 Å². The minimum Gasteiger partial charge on any atom is -0.346 e. The van der Waals surface area contributed by atoms with Gasteiger partial charge in [0.15, 0.2) is 0 Å². The molecule has 2 heterocycles. The normalized spacial score (nSPS) is 10.3. The van der Waals surface area contributed by atoms with Gasteiger partial charge in [-0.15, -0.1) is 11.3 Å². The molecule has 0 aromatic carbocycles. The van der Waals surface area contributed by atoms with Crippen molar-refractivity contribution in [3.05, 3.63) is 45.7 Å². The molecule has 0 saturated carbocycles. The van der Waals surface area contributed by atoms with Crippen LogP contribution in [0.25, 0.3) is 0 Å². The Morgan fingerprint density at radius 1 is 1.44 bits per heavy atom. The lowest BCUT2D eigenvalue weighted by atomic mass is 10.1. The summed E-state index contributed by atoms with van der Waals surface area (Å²) >= 11 is 1.55. The molecule has 0 fully saturated rings. The van der Waals surface area contributed by atoms with Gasteiger partial charge in [-0.1, -0.05) is 13.0 Å². The highest BCUT2D eigenvalue weighted by molar-refractivity contribution is 7.09. The third kappa shape index (κ3) is 2.73. The lowest BCUT2D eigenvalue weighted by molar-refractivity contribution is 0.0945. The first-order valence-electron chi connectivity index (χ1n) is 5.83. The van der Waals surface area contributed by atoms with E-state index < -0.39 is 0 Å². The van der Waals surface area contributed by atoms with E-state index in [0.717, 1.165) is 22.6 Å². The molecular weight excluding hydrogens is 246 g/mol. The fourth-order valence-corrected chi connectivity index (χ4v) is 2.39. The Morgan fingerprint density at radius 3 is 2.94 bits per heavy atom. The van der Waals surface area contributed by atoms with E-state index in [1.807, 2.05) is 26.0 Å². The predicted molar refractivity (Wildman–Crippen MR) is 71.6 cm³/mol. The Kier molecular flexibility index (Phi) is 4.04. The maximum atomic E-state index is 12.0. The highest BCUT2D eigenvalue weighted by Gasteiger charge is 2.12. The number of thiazole rings is 1. The number of carbonyl (C=O) groups excluding carboxylic acids is 1. The zero-order valence-corrected chi connectivity index (χ0v) is 11.3. The molecular formula is C13H15N3OS. The van der Waals surface area contributed by atoms with Crippen molar-refractivity contribution in [1.82, 2.24) is 15.3 Å². The number of hydrogen-bond donors (Lipinski definition) is 1. The molecule has 2 aromatic rings. The standard InChI is InChI=1S/C13H15N3OS/c1-3-10-5-4-6-14-12(10)13(17)15-7-11-9(2)16-8-18-11/h4-6,8H,3,7H2,1-2H3,(H,15,17).